The minimum absolute atomic E-state index is 0.181. The van der Waals surface area contributed by atoms with Crippen LogP contribution in [0.2, 0.25) is 5.02 Å². The summed E-state index contributed by atoms with van der Waals surface area (Å²) in [6.07, 6.45) is 1.75. The topological polar surface area (TPSA) is 42.4 Å². The molecular weight excluding hydrogens is 380 g/mol. The molecule has 27 heavy (non-hydrogen) atoms. The quantitative estimate of drug-likeness (QED) is 0.555. The van der Waals surface area contributed by atoms with E-state index in [-0.39, 0.29) is 12.0 Å². The van der Waals surface area contributed by atoms with E-state index in [2.05, 4.69) is 4.90 Å². The molecule has 0 N–H and O–H groups in total. The lowest BCUT2D eigenvalue weighted by Gasteiger charge is -2.22. The van der Waals surface area contributed by atoms with Crippen molar-refractivity contribution in [1.29, 1.82) is 0 Å². The molecule has 1 fully saturated rings. The van der Waals surface area contributed by atoms with Gasteiger partial charge in [0, 0.05) is 22.5 Å². The molecule has 4 rings (SSSR count). The van der Waals surface area contributed by atoms with Gasteiger partial charge < -0.3 is 9.64 Å². The lowest BCUT2D eigenvalue weighted by atomic mass is 10.2. The van der Waals surface area contributed by atoms with Crippen LogP contribution in [0, 0.1) is 0 Å². The van der Waals surface area contributed by atoms with Gasteiger partial charge in [-0.1, -0.05) is 54.1 Å². The summed E-state index contributed by atoms with van der Waals surface area (Å²) in [5, 5.41) is 3.58. The van der Waals surface area contributed by atoms with E-state index in [9.17, 15) is 4.79 Å². The number of halogens is 1. The first-order chi connectivity index (χ1) is 13.2. The molecule has 1 atom stereocenters. The highest BCUT2D eigenvalue weighted by Gasteiger charge is 2.33. The molecule has 0 saturated carbocycles. The number of hydrogen-bond acceptors (Lipinski definition) is 5. The zero-order chi connectivity index (χ0) is 18.6. The first kappa shape index (κ1) is 18.0. The third kappa shape index (κ3) is 4.15. The Morgan fingerprint density at radius 3 is 2.74 bits per heavy atom. The van der Waals surface area contributed by atoms with E-state index >= 15 is 0 Å². The van der Waals surface area contributed by atoms with Crippen molar-refractivity contribution in [1.82, 2.24) is 4.98 Å². The van der Waals surface area contributed by atoms with Crippen LogP contribution in [-0.2, 0) is 16.1 Å². The molecule has 1 aliphatic heterocycles. The van der Waals surface area contributed by atoms with Gasteiger partial charge in [0.25, 0.3) is 0 Å². The van der Waals surface area contributed by atoms with E-state index in [4.69, 9.17) is 21.3 Å². The van der Waals surface area contributed by atoms with Crippen LogP contribution in [0.5, 0.6) is 0 Å². The van der Waals surface area contributed by atoms with Crippen LogP contribution in [0.1, 0.15) is 18.4 Å². The van der Waals surface area contributed by atoms with Crippen LogP contribution in [0.4, 0.5) is 5.13 Å². The molecule has 1 aromatic heterocycles. The first-order valence-electron chi connectivity index (χ1n) is 8.89. The van der Waals surface area contributed by atoms with Gasteiger partial charge in [-0.15, -0.1) is 11.3 Å². The van der Waals surface area contributed by atoms with Crippen LogP contribution in [0.15, 0.2) is 60.0 Å². The summed E-state index contributed by atoms with van der Waals surface area (Å²) in [6, 6.07) is 17.1. The van der Waals surface area contributed by atoms with Crippen molar-refractivity contribution in [3.8, 4) is 11.3 Å². The van der Waals surface area contributed by atoms with Gasteiger partial charge in [-0.25, -0.2) is 9.78 Å². The molecule has 1 aliphatic rings. The number of carbonyl (C=O) groups is 1. The van der Waals surface area contributed by atoms with Crippen molar-refractivity contribution in [2.45, 2.75) is 25.5 Å². The second-order valence-corrected chi connectivity index (χ2v) is 7.74. The summed E-state index contributed by atoms with van der Waals surface area (Å²) in [4.78, 5) is 19.4. The monoisotopic (exact) mass is 398 g/mol. The van der Waals surface area contributed by atoms with Crippen molar-refractivity contribution in [3.05, 3.63) is 70.6 Å². The predicted molar refractivity (Wildman–Crippen MR) is 109 cm³/mol. The zero-order valence-corrected chi connectivity index (χ0v) is 16.2. The van der Waals surface area contributed by atoms with Gasteiger partial charge in [-0.2, -0.15) is 0 Å². The summed E-state index contributed by atoms with van der Waals surface area (Å²) in [7, 11) is 0. The average Bonchev–Trinajstić information content (AvgIpc) is 3.37. The second-order valence-electron chi connectivity index (χ2n) is 6.47. The highest BCUT2D eigenvalue weighted by Crippen LogP contribution is 2.33. The Morgan fingerprint density at radius 1 is 1.19 bits per heavy atom. The third-order valence-corrected chi connectivity index (χ3v) is 5.76. The number of rotatable bonds is 5. The molecule has 0 radical (unpaired) electrons. The Balaban J connectivity index is 1.45. The smallest absolute Gasteiger partial charge is 0.329 e. The number of carbonyl (C=O) groups excluding carboxylic acids is 1. The number of thiazole rings is 1. The van der Waals surface area contributed by atoms with E-state index in [0.29, 0.717) is 11.6 Å². The molecule has 1 saturated heterocycles. The van der Waals surface area contributed by atoms with Crippen LogP contribution < -0.4 is 4.90 Å². The normalized spacial score (nSPS) is 16.5. The second kappa shape index (κ2) is 8.11. The molecule has 0 amide bonds. The van der Waals surface area contributed by atoms with E-state index in [1.165, 1.54) is 0 Å². The Morgan fingerprint density at radius 2 is 1.96 bits per heavy atom. The largest absolute Gasteiger partial charge is 0.459 e. The maximum absolute atomic E-state index is 12.6. The average molecular weight is 399 g/mol. The van der Waals surface area contributed by atoms with Crippen LogP contribution in [-0.4, -0.2) is 23.5 Å². The van der Waals surface area contributed by atoms with Crippen LogP contribution >= 0.6 is 22.9 Å². The Hall–Kier alpha value is -2.37. The van der Waals surface area contributed by atoms with Gasteiger partial charge in [0.2, 0.25) is 0 Å². The summed E-state index contributed by atoms with van der Waals surface area (Å²) in [5.74, 6) is -0.181. The fourth-order valence-corrected chi connectivity index (χ4v) is 4.25. The number of ether oxygens (including phenoxy) is 1. The molecule has 0 bridgehead atoms. The lowest BCUT2D eigenvalue weighted by molar-refractivity contribution is -0.146. The van der Waals surface area contributed by atoms with Crippen molar-refractivity contribution in [3.63, 3.8) is 0 Å². The lowest BCUT2D eigenvalue weighted by Crippen LogP contribution is -2.37. The standard InChI is InChI=1S/C21H19ClN2O2S/c22-17-10-8-16(9-11-17)18-14-27-21(23-18)24-12-4-7-19(24)20(25)26-13-15-5-2-1-3-6-15/h1-3,5-6,8-11,14,19H,4,7,12-13H2/t19-/m0/s1. The van der Waals surface area contributed by atoms with Gasteiger partial charge in [0.15, 0.2) is 5.13 Å². The highest BCUT2D eigenvalue weighted by atomic mass is 35.5. The molecule has 3 aromatic rings. The summed E-state index contributed by atoms with van der Waals surface area (Å²) >= 11 is 7.51. The van der Waals surface area contributed by atoms with E-state index in [1.807, 2.05) is 60.0 Å². The van der Waals surface area contributed by atoms with Gasteiger partial charge in [-0.05, 0) is 30.5 Å². The minimum atomic E-state index is -0.266. The van der Waals surface area contributed by atoms with Crippen LogP contribution in [0.3, 0.4) is 0 Å². The molecule has 0 spiro atoms. The number of benzene rings is 2. The van der Waals surface area contributed by atoms with Crippen LogP contribution in [0.25, 0.3) is 11.3 Å². The van der Waals surface area contributed by atoms with Crippen molar-refractivity contribution < 1.29 is 9.53 Å². The van der Waals surface area contributed by atoms with E-state index in [0.717, 1.165) is 41.3 Å². The molecule has 0 unspecified atom stereocenters. The zero-order valence-electron chi connectivity index (χ0n) is 14.7. The Bertz CT molecular complexity index is 911. The Kier molecular flexibility index (Phi) is 5.41. The maximum atomic E-state index is 12.6. The van der Waals surface area contributed by atoms with Crippen molar-refractivity contribution in [2.24, 2.45) is 0 Å². The van der Waals surface area contributed by atoms with Gasteiger partial charge >= 0.3 is 5.97 Å². The maximum Gasteiger partial charge on any atom is 0.329 e. The minimum Gasteiger partial charge on any atom is -0.459 e. The van der Waals surface area contributed by atoms with Crippen molar-refractivity contribution >= 4 is 34.0 Å². The van der Waals surface area contributed by atoms with Gasteiger partial charge in [0.1, 0.15) is 12.6 Å². The number of hydrogen-bond donors (Lipinski definition) is 0. The summed E-state index contributed by atoms with van der Waals surface area (Å²) in [5.41, 5.74) is 2.91. The molecule has 6 heteroatoms. The molecule has 2 heterocycles. The SMILES string of the molecule is O=C(OCc1ccccc1)[C@@H]1CCCN1c1nc(-c2ccc(Cl)cc2)cs1. The molecular formula is C21H19ClN2O2S. The molecule has 0 aliphatic carbocycles. The fraction of sp³-hybridized carbons (Fsp3) is 0.238. The fourth-order valence-electron chi connectivity index (χ4n) is 3.22. The third-order valence-electron chi connectivity index (χ3n) is 4.63. The summed E-state index contributed by atoms with van der Waals surface area (Å²) < 4.78 is 5.55. The molecule has 2 aromatic carbocycles. The number of esters is 1. The van der Waals surface area contributed by atoms with E-state index < -0.39 is 0 Å². The first-order valence-corrected chi connectivity index (χ1v) is 10.1. The summed E-state index contributed by atoms with van der Waals surface area (Å²) in [6.45, 7) is 1.12. The van der Waals surface area contributed by atoms with E-state index in [1.54, 1.807) is 11.3 Å². The highest BCUT2D eigenvalue weighted by molar-refractivity contribution is 7.14. The van der Waals surface area contributed by atoms with Crippen molar-refractivity contribution in [2.75, 3.05) is 11.4 Å². The Labute approximate surface area is 167 Å². The number of nitrogens with zero attached hydrogens (tertiary/aromatic N) is 2. The van der Waals surface area contributed by atoms with Gasteiger partial charge in [0.05, 0.1) is 5.69 Å². The number of aromatic nitrogens is 1. The molecule has 138 valence electrons. The number of anilines is 1. The van der Waals surface area contributed by atoms with Gasteiger partial charge in [-0.3, -0.25) is 0 Å². The molecule has 4 nitrogen and oxygen atoms in total. The predicted octanol–water partition coefficient (Wildman–Crippen LogP) is 5.18.